The summed E-state index contributed by atoms with van der Waals surface area (Å²) in [4.78, 5) is 30.6. The van der Waals surface area contributed by atoms with Crippen molar-refractivity contribution in [1.29, 1.82) is 0 Å². The predicted octanol–water partition coefficient (Wildman–Crippen LogP) is 0.564. The Morgan fingerprint density at radius 1 is 1.23 bits per heavy atom. The number of amides is 2. The SMILES string of the molecule is COCC(=O)N1CCOC(CN(CCN(C)C)C(=O)c2ccccc2)C1. The normalized spacial score (nSPS) is 17.4. The van der Waals surface area contributed by atoms with E-state index in [1.54, 1.807) is 4.90 Å². The number of ether oxygens (including phenoxy) is 2. The van der Waals surface area contributed by atoms with E-state index in [0.29, 0.717) is 38.3 Å². The Kier molecular flexibility index (Phi) is 8.03. The molecule has 1 atom stereocenters. The molecule has 1 saturated heterocycles. The van der Waals surface area contributed by atoms with Crippen molar-refractivity contribution in [3.05, 3.63) is 35.9 Å². The minimum absolute atomic E-state index is 0.0172. The molecule has 7 nitrogen and oxygen atoms in total. The van der Waals surface area contributed by atoms with Gasteiger partial charge in [-0.3, -0.25) is 9.59 Å². The summed E-state index contributed by atoms with van der Waals surface area (Å²) < 4.78 is 10.7. The zero-order chi connectivity index (χ0) is 18.9. The molecule has 0 saturated carbocycles. The van der Waals surface area contributed by atoms with Crippen LogP contribution in [0.4, 0.5) is 0 Å². The van der Waals surface area contributed by atoms with Crippen LogP contribution in [0.2, 0.25) is 0 Å². The van der Waals surface area contributed by atoms with Crippen LogP contribution in [0.15, 0.2) is 30.3 Å². The number of morpholine rings is 1. The van der Waals surface area contributed by atoms with Crippen LogP contribution in [-0.4, -0.2) is 99.8 Å². The maximum atomic E-state index is 12.9. The first-order chi connectivity index (χ1) is 12.5. The number of nitrogens with zero attached hydrogens (tertiary/aromatic N) is 3. The van der Waals surface area contributed by atoms with Gasteiger partial charge in [0.05, 0.1) is 12.7 Å². The number of carbonyl (C=O) groups excluding carboxylic acids is 2. The van der Waals surface area contributed by atoms with Crippen LogP contribution in [0.25, 0.3) is 0 Å². The molecule has 0 radical (unpaired) electrons. The molecule has 0 aromatic heterocycles. The Hall–Kier alpha value is -1.96. The Morgan fingerprint density at radius 2 is 1.96 bits per heavy atom. The van der Waals surface area contributed by atoms with Crippen LogP contribution >= 0.6 is 0 Å². The average molecular weight is 363 g/mol. The smallest absolute Gasteiger partial charge is 0.253 e. The first kappa shape index (κ1) is 20.4. The summed E-state index contributed by atoms with van der Waals surface area (Å²) in [6.45, 7) is 3.40. The Bertz CT molecular complexity index is 579. The maximum Gasteiger partial charge on any atom is 0.253 e. The van der Waals surface area contributed by atoms with Crippen molar-refractivity contribution < 1.29 is 19.1 Å². The van der Waals surface area contributed by atoms with Crippen molar-refractivity contribution in [2.24, 2.45) is 0 Å². The highest BCUT2D eigenvalue weighted by atomic mass is 16.5. The van der Waals surface area contributed by atoms with E-state index < -0.39 is 0 Å². The molecule has 1 aliphatic rings. The van der Waals surface area contributed by atoms with Gasteiger partial charge in [0.15, 0.2) is 0 Å². The van der Waals surface area contributed by atoms with Gasteiger partial charge in [0.2, 0.25) is 5.91 Å². The van der Waals surface area contributed by atoms with Gasteiger partial charge in [-0.25, -0.2) is 0 Å². The van der Waals surface area contributed by atoms with Gasteiger partial charge in [0.25, 0.3) is 5.91 Å². The summed E-state index contributed by atoms with van der Waals surface area (Å²) in [6, 6.07) is 9.26. The molecule has 1 heterocycles. The number of hydrogen-bond donors (Lipinski definition) is 0. The lowest BCUT2D eigenvalue weighted by Crippen LogP contribution is -2.52. The fourth-order valence-corrected chi connectivity index (χ4v) is 2.88. The number of rotatable bonds is 8. The third-order valence-electron chi connectivity index (χ3n) is 4.31. The summed E-state index contributed by atoms with van der Waals surface area (Å²) in [5, 5.41) is 0. The van der Waals surface area contributed by atoms with E-state index in [1.165, 1.54) is 7.11 Å². The molecular formula is C19H29N3O4. The molecule has 1 aliphatic heterocycles. The van der Waals surface area contributed by atoms with Gasteiger partial charge in [-0.2, -0.15) is 0 Å². The van der Waals surface area contributed by atoms with Crippen molar-refractivity contribution in [3.63, 3.8) is 0 Å². The predicted molar refractivity (Wildman–Crippen MR) is 99.1 cm³/mol. The van der Waals surface area contributed by atoms with Crippen molar-refractivity contribution in [1.82, 2.24) is 14.7 Å². The standard InChI is InChI=1S/C19H29N3O4/c1-20(2)9-10-22(19(24)16-7-5-4-6-8-16)14-17-13-21(11-12-26-17)18(23)15-25-3/h4-8,17H,9-15H2,1-3H3. The monoisotopic (exact) mass is 363 g/mol. The minimum Gasteiger partial charge on any atom is -0.375 e. The average Bonchev–Trinajstić information content (AvgIpc) is 2.65. The van der Waals surface area contributed by atoms with Gasteiger partial charge >= 0.3 is 0 Å². The van der Waals surface area contributed by atoms with E-state index in [0.717, 1.165) is 6.54 Å². The molecule has 7 heteroatoms. The van der Waals surface area contributed by atoms with Crippen LogP contribution in [-0.2, 0) is 14.3 Å². The molecule has 2 rings (SSSR count). The Labute approximate surface area is 155 Å². The zero-order valence-electron chi connectivity index (χ0n) is 15.9. The highest BCUT2D eigenvalue weighted by Crippen LogP contribution is 2.11. The van der Waals surface area contributed by atoms with E-state index in [-0.39, 0.29) is 24.5 Å². The first-order valence-corrected chi connectivity index (χ1v) is 8.88. The minimum atomic E-state index is -0.195. The third kappa shape index (κ3) is 6.09. The molecule has 26 heavy (non-hydrogen) atoms. The van der Waals surface area contributed by atoms with Gasteiger partial charge in [-0.1, -0.05) is 18.2 Å². The largest absolute Gasteiger partial charge is 0.375 e. The summed E-state index contributed by atoms with van der Waals surface area (Å²) >= 11 is 0. The Balaban J connectivity index is 2.03. The topological polar surface area (TPSA) is 62.3 Å². The zero-order valence-corrected chi connectivity index (χ0v) is 15.9. The number of hydrogen-bond acceptors (Lipinski definition) is 5. The van der Waals surface area contributed by atoms with Gasteiger partial charge in [-0.15, -0.1) is 0 Å². The van der Waals surface area contributed by atoms with Crippen molar-refractivity contribution in [3.8, 4) is 0 Å². The molecule has 1 unspecified atom stereocenters. The van der Waals surface area contributed by atoms with Crippen LogP contribution in [0.5, 0.6) is 0 Å². The molecular weight excluding hydrogens is 334 g/mol. The molecule has 1 fully saturated rings. The molecule has 0 N–H and O–H groups in total. The van der Waals surface area contributed by atoms with Gasteiger partial charge in [-0.05, 0) is 26.2 Å². The fraction of sp³-hybridized carbons (Fsp3) is 0.579. The van der Waals surface area contributed by atoms with Crippen molar-refractivity contribution in [2.45, 2.75) is 6.10 Å². The van der Waals surface area contributed by atoms with E-state index in [4.69, 9.17) is 9.47 Å². The maximum absolute atomic E-state index is 12.9. The van der Waals surface area contributed by atoms with Gasteiger partial charge < -0.3 is 24.2 Å². The second-order valence-corrected chi connectivity index (χ2v) is 6.69. The van der Waals surface area contributed by atoms with Crippen LogP contribution in [0.3, 0.4) is 0 Å². The summed E-state index contributed by atoms with van der Waals surface area (Å²) in [6.07, 6.45) is -0.195. The molecule has 0 bridgehead atoms. The molecule has 2 amide bonds. The van der Waals surface area contributed by atoms with Crippen molar-refractivity contribution >= 4 is 11.8 Å². The third-order valence-corrected chi connectivity index (χ3v) is 4.31. The summed E-state index contributed by atoms with van der Waals surface area (Å²) in [5.41, 5.74) is 0.661. The number of methoxy groups -OCH3 is 1. The van der Waals surface area contributed by atoms with E-state index in [2.05, 4.69) is 0 Å². The summed E-state index contributed by atoms with van der Waals surface area (Å²) in [5.74, 6) is -0.0635. The molecule has 0 spiro atoms. The van der Waals surface area contributed by atoms with Gasteiger partial charge in [0.1, 0.15) is 6.61 Å². The summed E-state index contributed by atoms with van der Waals surface area (Å²) in [7, 11) is 5.47. The molecule has 0 aliphatic carbocycles. The lowest BCUT2D eigenvalue weighted by Gasteiger charge is -2.36. The molecule has 144 valence electrons. The lowest BCUT2D eigenvalue weighted by atomic mass is 10.1. The number of benzene rings is 1. The molecule has 1 aromatic carbocycles. The quantitative estimate of drug-likeness (QED) is 0.676. The van der Waals surface area contributed by atoms with E-state index in [9.17, 15) is 9.59 Å². The van der Waals surface area contributed by atoms with Crippen LogP contribution < -0.4 is 0 Å². The second kappa shape index (κ2) is 10.3. The second-order valence-electron chi connectivity index (χ2n) is 6.69. The fourth-order valence-electron chi connectivity index (χ4n) is 2.88. The number of likely N-dealkylation sites (N-methyl/N-ethyl adjacent to an activating group) is 1. The first-order valence-electron chi connectivity index (χ1n) is 8.88. The van der Waals surface area contributed by atoms with Crippen LogP contribution in [0, 0.1) is 0 Å². The lowest BCUT2D eigenvalue weighted by molar-refractivity contribution is -0.143. The Morgan fingerprint density at radius 3 is 2.62 bits per heavy atom. The highest BCUT2D eigenvalue weighted by molar-refractivity contribution is 5.94. The number of carbonyl (C=O) groups is 2. The van der Waals surface area contributed by atoms with Crippen molar-refractivity contribution in [2.75, 3.05) is 67.1 Å². The van der Waals surface area contributed by atoms with Gasteiger partial charge in [0, 0.05) is 45.4 Å². The van der Waals surface area contributed by atoms with E-state index >= 15 is 0 Å². The van der Waals surface area contributed by atoms with Crippen LogP contribution in [0.1, 0.15) is 10.4 Å². The van der Waals surface area contributed by atoms with E-state index in [1.807, 2.05) is 54.2 Å². The highest BCUT2D eigenvalue weighted by Gasteiger charge is 2.27. The molecule has 1 aromatic rings.